The normalized spacial score (nSPS) is 17.3. The highest BCUT2D eigenvalue weighted by Crippen LogP contribution is 2.38. The fraction of sp³-hybridized carbons (Fsp3) is 0.484. The van der Waals surface area contributed by atoms with Crippen LogP contribution >= 0.6 is 0 Å². The van der Waals surface area contributed by atoms with Crippen LogP contribution in [0.2, 0.25) is 0 Å². The zero-order valence-electron chi connectivity index (χ0n) is 22.7. The van der Waals surface area contributed by atoms with Crippen molar-refractivity contribution in [3.63, 3.8) is 0 Å². The van der Waals surface area contributed by atoms with Crippen LogP contribution in [0.1, 0.15) is 87.3 Å². The largest absolute Gasteiger partial charge is 0.481 e. The first-order valence-electron chi connectivity index (χ1n) is 14.1. The van der Waals surface area contributed by atoms with E-state index in [0.29, 0.717) is 24.8 Å². The number of amides is 2. The number of hydrogen-bond donors (Lipinski definition) is 2. The number of benzene rings is 2. The molecule has 0 radical (unpaired) electrons. The molecule has 0 aromatic heterocycles. The Kier molecular flexibility index (Phi) is 10.1. The number of ether oxygens (including phenoxy) is 1. The molecule has 8 nitrogen and oxygen atoms in total. The van der Waals surface area contributed by atoms with Gasteiger partial charge in [0.2, 0.25) is 11.8 Å². The molecular formula is C31H39N3O5. The predicted molar refractivity (Wildman–Crippen MR) is 149 cm³/mol. The van der Waals surface area contributed by atoms with Gasteiger partial charge in [-0.05, 0) is 61.3 Å². The van der Waals surface area contributed by atoms with Crippen molar-refractivity contribution in [3.05, 3.63) is 71.3 Å². The minimum absolute atomic E-state index is 0.0403. The van der Waals surface area contributed by atoms with Gasteiger partial charge in [0, 0.05) is 18.0 Å². The van der Waals surface area contributed by atoms with Crippen LogP contribution in [-0.2, 0) is 25.7 Å². The highest BCUT2D eigenvalue weighted by Gasteiger charge is 2.33. The topological polar surface area (TPSA) is 108 Å². The van der Waals surface area contributed by atoms with Crippen LogP contribution in [0.3, 0.4) is 0 Å². The Labute approximate surface area is 230 Å². The number of aliphatic carboxylic acids is 1. The summed E-state index contributed by atoms with van der Waals surface area (Å²) >= 11 is 0. The van der Waals surface area contributed by atoms with E-state index in [2.05, 4.69) is 17.3 Å². The second-order valence-electron chi connectivity index (χ2n) is 10.5. The quantitative estimate of drug-likeness (QED) is 0.343. The number of carbonyl (C=O) groups is 3. The van der Waals surface area contributed by atoms with E-state index in [0.717, 1.165) is 61.6 Å². The first-order chi connectivity index (χ1) is 18.9. The van der Waals surface area contributed by atoms with Gasteiger partial charge in [-0.15, -0.1) is 5.10 Å². The SMILES string of the molecule is CCC(CCCCC(=O)O)NC(=O)C(c1ccc(CN2N=C(c3ccccc3)OCC2=O)cc1)C1CCCC1. The summed E-state index contributed by atoms with van der Waals surface area (Å²) in [7, 11) is 0. The molecule has 2 aromatic carbocycles. The average Bonchev–Trinajstić information content (AvgIpc) is 3.47. The van der Waals surface area contributed by atoms with Gasteiger partial charge in [-0.2, -0.15) is 0 Å². The van der Waals surface area contributed by atoms with Crippen molar-refractivity contribution in [2.75, 3.05) is 6.61 Å². The van der Waals surface area contributed by atoms with Gasteiger partial charge in [0.15, 0.2) is 6.61 Å². The molecule has 2 aliphatic rings. The summed E-state index contributed by atoms with van der Waals surface area (Å²) in [5, 5.41) is 18.0. The van der Waals surface area contributed by atoms with Crippen LogP contribution < -0.4 is 5.32 Å². The number of nitrogens with zero attached hydrogens (tertiary/aromatic N) is 2. The van der Waals surface area contributed by atoms with Crippen LogP contribution in [0, 0.1) is 5.92 Å². The lowest BCUT2D eigenvalue weighted by Crippen LogP contribution is -2.39. The van der Waals surface area contributed by atoms with Crippen molar-refractivity contribution in [2.45, 2.75) is 83.2 Å². The zero-order chi connectivity index (χ0) is 27.6. The molecule has 2 atom stereocenters. The van der Waals surface area contributed by atoms with Gasteiger partial charge in [-0.1, -0.05) is 68.7 Å². The average molecular weight is 534 g/mol. The summed E-state index contributed by atoms with van der Waals surface area (Å²) < 4.78 is 5.55. The maximum Gasteiger partial charge on any atom is 0.303 e. The van der Waals surface area contributed by atoms with E-state index >= 15 is 0 Å². The molecule has 1 fully saturated rings. The van der Waals surface area contributed by atoms with Gasteiger partial charge in [0.05, 0.1) is 12.5 Å². The number of hydrazone groups is 1. The van der Waals surface area contributed by atoms with Crippen molar-refractivity contribution in [3.8, 4) is 0 Å². The van der Waals surface area contributed by atoms with E-state index in [1.54, 1.807) is 0 Å². The smallest absolute Gasteiger partial charge is 0.303 e. The Balaban J connectivity index is 1.43. The third-order valence-corrected chi connectivity index (χ3v) is 7.71. The minimum Gasteiger partial charge on any atom is -0.481 e. The van der Waals surface area contributed by atoms with E-state index in [4.69, 9.17) is 9.84 Å². The molecule has 1 aliphatic heterocycles. The summed E-state index contributed by atoms with van der Waals surface area (Å²) in [4.78, 5) is 36.9. The molecule has 2 N–H and O–H groups in total. The summed E-state index contributed by atoms with van der Waals surface area (Å²) in [6.45, 7) is 2.33. The lowest BCUT2D eigenvalue weighted by atomic mass is 9.83. The van der Waals surface area contributed by atoms with Crippen LogP contribution in [-0.4, -0.2) is 46.4 Å². The summed E-state index contributed by atoms with van der Waals surface area (Å²) in [6.07, 6.45) is 7.51. The summed E-state index contributed by atoms with van der Waals surface area (Å²) in [5.74, 6) is -0.408. The van der Waals surface area contributed by atoms with Gasteiger partial charge in [0.1, 0.15) is 0 Å². The molecule has 4 rings (SSSR count). The van der Waals surface area contributed by atoms with E-state index in [1.165, 1.54) is 5.01 Å². The van der Waals surface area contributed by atoms with Crippen molar-refractivity contribution in [1.29, 1.82) is 0 Å². The number of carbonyl (C=O) groups excluding carboxylic acids is 2. The molecule has 208 valence electrons. The first kappa shape index (κ1) is 28.3. The molecule has 1 heterocycles. The van der Waals surface area contributed by atoms with E-state index in [1.807, 2.05) is 54.6 Å². The Morgan fingerprint density at radius 1 is 1.08 bits per heavy atom. The molecule has 0 bridgehead atoms. The number of carboxylic acid groups (broad SMARTS) is 1. The van der Waals surface area contributed by atoms with E-state index in [9.17, 15) is 14.4 Å². The second-order valence-corrected chi connectivity index (χ2v) is 10.5. The van der Waals surface area contributed by atoms with Crippen molar-refractivity contribution in [2.24, 2.45) is 11.0 Å². The third kappa shape index (κ3) is 7.91. The van der Waals surface area contributed by atoms with E-state index in [-0.39, 0.29) is 36.8 Å². The van der Waals surface area contributed by atoms with Gasteiger partial charge >= 0.3 is 5.97 Å². The van der Waals surface area contributed by atoms with Crippen LogP contribution in [0.4, 0.5) is 0 Å². The first-order valence-corrected chi connectivity index (χ1v) is 14.1. The lowest BCUT2D eigenvalue weighted by molar-refractivity contribution is -0.137. The maximum atomic E-state index is 13.6. The predicted octanol–water partition coefficient (Wildman–Crippen LogP) is 5.22. The highest BCUT2D eigenvalue weighted by atomic mass is 16.5. The fourth-order valence-corrected chi connectivity index (χ4v) is 5.51. The standard InChI is InChI=1S/C31H39N3O5/c1-2-26(14-8-9-15-28(36)37)32-30(38)29(23-10-6-7-11-23)24-18-16-22(17-19-24)20-34-27(35)21-39-31(33-34)25-12-4-3-5-13-25/h3-5,12-13,16-19,23,26,29H,2,6-11,14-15,20-21H2,1H3,(H,32,38)(H,36,37). The van der Waals surface area contributed by atoms with Crippen LogP contribution in [0.25, 0.3) is 0 Å². The molecule has 1 saturated carbocycles. The summed E-state index contributed by atoms with van der Waals surface area (Å²) in [6, 6.07) is 17.5. The van der Waals surface area contributed by atoms with Gasteiger partial charge < -0.3 is 15.2 Å². The number of nitrogens with one attached hydrogen (secondary N) is 1. The summed E-state index contributed by atoms with van der Waals surface area (Å²) in [5.41, 5.74) is 2.74. The number of carboxylic acids is 1. The Morgan fingerprint density at radius 2 is 1.79 bits per heavy atom. The van der Waals surface area contributed by atoms with Gasteiger partial charge in [0.25, 0.3) is 5.91 Å². The Morgan fingerprint density at radius 3 is 2.46 bits per heavy atom. The van der Waals surface area contributed by atoms with E-state index < -0.39 is 5.97 Å². The van der Waals surface area contributed by atoms with Crippen molar-refractivity contribution >= 4 is 23.7 Å². The number of hydrogen-bond acceptors (Lipinski definition) is 5. The monoisotopic (exact) mass is 533 g/mol. The lowest BCUT2D eigenvalue weighted by Gasteiger charge is -2.27. The molecule has 1 aliphatic carbocycles. The molecule has 8 heteroatoms. The fourth-order valence-electron chi connectivity index (χ4n) is 5.51. The van der Waals surface area contributed by atoms with Crippen molar-refractivity contribution in [1.82, 2.24) is 10.3 Å². The molecule has 39 heavy (non-hydrogen) atoms. The third-order valence-electron chi connectivity index (χ3n) is 7.71. The zero-order valence-corrected chi connectivity index (χ0v) is 22.7. The minimum atomic E-state index is -0.779. The van der Waals surface area contributed by atoms with Gasteiger partial charge in [-0.25, -0.2) is 5.01 Å². The van der Waals surface area contributed by atoms with Crippen molar-refractivity contribution < 1.29 is 24.2 Å². The number of unbranched alkanes of at least 4 members (excludes halogenated alkanes) is 1. The maximum absolute atomic E-state index is 13.6. The molecule has 2 aromatic rings. The molecule has 0 saturated heterocycles. The number of rotatable bonds is 13. The Hall–Kier alpha value is -3.68. The molecular weight excluding hydrogens is 494 g/mol. The molecule has 0 spiro atoms. The molecule has 2 amide bonds. The molecule has 2 unspecified atom stereocenters. The highest BCUT2D eigenvalue weighted by molar-refractivity contribution is 5.97. The van der Waals surface area contributed by atoms with Crippen LogP contribution in [0.5, 0.6) is 0 Å². The van der Waals surface area contributed by atoms with Gasteiger partial charge in [-0.3, -0.25) is 14.4 Å². The van der Waals surface area contributed by atoms with Crippen LogP contribution in [0.15, 0.2) is 59.7 Å². The second kappa shape index (κ2) is 13.9. The Bertz CT molecular complexity index is 1140.